The molecule has 1 fully saturated rings. The summed E-state index contributed by atoms with van der Waals surface area (Å²) < 4.78 is 10.8. The van der Waals surface area contributed by atoms with Gasteiger partial charge < -0.3 is 29.6 Å². The van der Waals surface area contributed by atoms with E-state index in [1.165, 1.54) is 0 Å². The molecule has 0 bridgehead atoms. The first-order chi connectivity index (χ1) is 12.7. The maximum Gasteiger partial charge on any atom is 0.119 e. The van der Waals surface area contributed by atoms with Crippen molar-refractivity contribution in [3.8, 4) is 5.75 Å². The molecule has 1 aliphatic heterocycles. The Bertz CT molecular complexity index is 757. The van der Waals surface area contributed by atoms with Gasteiger partial charge in [-0.25, -0.2) is 0 Å². The molecule has 26 heavy (non-hydrogen) atoms. The third kappa shape index (κ3) is 4.46. The molecular formula is C20H23N2O4-. The summed E-state index contributed by atoms with van der Waals surface area (Å²) in [5.41, 5.74) is 2.67. The van der Waals surface area contributed by atoms with Gasteiger partial charge >= 0.3 is 0 Å². The van der Waals surface area contributed by atoms with E-state index in [1.54, 1.807) is 6.07 Å². The summed E-state index contributed by atoms with van der Waals surface area (Å²) >= 11 is 0. The summed E-state index contributed by atoms with van der Waals surface area (Å²) in [6.07, 6.45) is 0. The Morgan fingerprint density at radius 1 is 1.23 bits per heavy atom. The highest BCUT2D eigenvalue weighted by Gasteiger charge is 2.15. The maximum atomic E-state index is 11.6. The number of carboxylic acid groups (broad SMARTS) is 1. The van der Waals surface area contributed by atoms with Crippen LogP contribution in [0.15, 0.2) is 42.5 Å². The fraction of sp³-hybridized carbons (Fsp3) is 0.350. The average Bonchev–Trinajstić information content (AvgIpc) is 2.67. The lowest BCUT2D eigenvalue weighted by Crippen LogP contribution is -2.38. The van der Waals surface area contributed by atoms with Gasteiger partial charge in [0, 0.05) is 36.6 Å². The lowest BCUT2D eigenvalue weighted by atomic mass is 10.1. The minimum Gasteiger partial charge on any atom is -0.545 e. The molecule has 6 nitrogen and oxygen atoms in total. The fourth-order valence-electron chi connectivity index (χ4n) is 3.01. The number of benzene rings is 2. The number of rotatable bonds is 7. The quantitative estimate of drug-likeness (QED) is 0.818. The molecule has 3 rings (SSSR count). The zero-order chi connectivity index (χ0) is 18.4. The summed E-state index contributed by atoms with van der Waals surface area (Å²) in [6, 6.07) is 13.2. The Kier molecular flexibility index (Phi) is 5.96. The van der Waals surface area contributed by atoms with Crippen LogP contribution in [0.3, 0.4) is 0 Å². The van der Waals surface area contributed by atoms with Gasteiger partial charge in [0.05, 0.1) is 25.8 Å². The second-order valence-corrected chi connectivity index (χ2v) is 6.05. The van der Waals surface area contributed by atoms with Crippen LogP contribution < -0.4 is 20.1 Å². The van der Waals surface area contributed by atoms with Crippen LogP contribution in [0.25, 0.3) is 0 Å². The van der Waals surface area contributed by atoms with E-state index < -0.39 is 5.97 Å². The Labute approximate surface area is 153 Å². The van der Waals surface area contributed by atoms with Gasteiger partial charge in [-0.05, 0) is 42.8 Å². The second-order valence-electron chi connectivity index (χ2n) is 6.05. The minimum atomic E-state index is -1.17. The molecule has 0 aromatic heterocycles. The first kappa shape index (κ1) is 18.1. The molecule has 0 atom stereocenters. The monoisotopic (exact) mass is 355 g/mol. The molecule has 0 amide bonds. The number of carboxylic acids is 1. The molecule has 2 aromatic rings. The smallest absolute Gasteiger partial charge is 0.119 e. The van der Waals surface area contributed by atoms with Crippen molar-refractivity contribution in [3.63, 3.8) is 0 Å². The third-order valence-electron chi connectivity index (χ3n) is 4.27. The van der Waals surface area contributed by atoms with Crippen molar-refractivity contribution < 1.29 is 19.4 Å². The van der Waals surface area contributed by atoms with Crippen molar-refractivity contribution in [2.24, 2.45) is 0 Å². The molecule has 0 radical (unpaired) electrons. The number of nitrogens with zero attached hydrogens (tertiary/aromatic N) is 1. The first-order valence-corrected chi connectivity index (χ1v) is 8.81. The number of carbonyl (C=O) groups is 1. The zero-order valence-corrected chi connectivity index (χ0v) is 14.9. The van der Waals surface area contributed by atoms with Gasteiger partial charge in [-0.1, -0.05) is 12.1 Å². The Morgan fingerprint density at radius 3 is 2.77 bits per heavy atom. The summed E-state index contributed by atoms with van der Waals surface area (Å²) in [6.45, 7) is 5.70. The molecule has 2 aromatic carbocycles. The molecule has 6 heteroatoms. The van der Waals surface area contributed by atoms with Gasteiger partial charge in [-0.15, -0.1) is 0 Å². The number of hydrogen-bond donors (Lipinski definition) is 1. The van der Waals surface area contributed by atoms with E-state index in [9.17, 15) is 9.90 Å². The highest BCUT2D eigenvalue weighted by atomic mass is 16.5. The van der Waals surface area contributed by atoms with Crippen molar-refractivity contribution in [2.45, 2.75) is 13.5 Å². The summed E-state index contributed by atoms with van der Waals surface area (Å²) in [5, 5.41) is 14.9. The van der Waals surface area contributed by atoms with Crippen molar-refractivity contribution >= 4 is 17.3 Å². The third-order valence-corrected chi connectivity index (χ3v) is 4.27. The van der Waals surface area contributed by atoms with Crippen molar-refractivity contribution in [1.82, 2.24) is 0 Å². The van der Waals surface area contributed by atoms with Crippen molar-refractivity contribution in [3.05, 3.63) is 53.6 Å². The number of anilines is 2. The van der Waals surface area contributed by atoms with E-state index in [-0.39, 0.29) is 5.56 Å². The highest BCUT2D eigenvalue weighted by molar-refractivity contribution is 5.94. The van der Waals surface area contributed by atoms with E-state index in [2.05, 4.69) is 5.32 Å². The number of nitrogens with one attached hydrogen (secondary N) is 1. The van der Waals surface area contributed by atoms with Crippen LogP contribution in [-0.2, 0) is 11.3 Å². The van der Waals surface area contributed by atoms with Crippen molar-refractivity contribution in [2.75, 3.05) is 43.1 Å². The zero-order valence-electron chi connectivity index (χ0n) is 14.9. The van der Waals surface area contributed by atoms with Crippen LogP contribution in [0.1, 0.15) is 22.8 Å². The fourth-order valence-corrected chi connectivity index (χ4v) is 3.01. The Hall–Kier alpha value is -2.73. The molecule has 0 spiro atoms. The molecule has 0 saturated carbocycles. The molecule has 1 saturated heterocycles. The van der Waals surface area contributed by atoms with Crippen LogP contribution >= 0.6 is 0 Å². The normalized spacial score (nSPS) is 14.1. The first-order valence-electron chi connectivity index (χ1n) is 8.81. The average molecular weight is 355 g/mol. The van der Waals surface area contributed by atoms with Crippen LogP contribution in [0, 0.1) is 0 Å². The molecule has 0 aliphatic carbocycles. The molecule has 1 N–H and O–H groups in total. The molecule has 1 heterocycles. The topological polar surface area (TPSA) is 73.9 Å². The highest BCUT2D eigenvalue weighted by Crippen LogP contribution is 2.25. The lowest BCUT2D eigenvalue weighted by Gasteiger charge is -2.31. The SMILES string of the molecule is CCOc1cccc(CNc2ccc(N3CCOCC3)c(C(=O)[O-])c2)c1. The van der Waals surface area contributed by atoms with Crippen LogP contribution in [-0.4, -0.2) is 38.9 Å². The summed E-state index contributed by atoms with van der Waals surface area (Å²) in [5.74, 6) is -0.349. The minimum absolute atomic E-state index is 0.194. The van der Waals surface area contributed by atoms with Crippen LogP contribution in [0.2, 0.25) is 0 Å². The second kappa shape index (κ2) is 8.58. The number of carbonyl (C=O) groups excluding carboxylic acids is 1. The van der Waals surface area contributed by atoms with E-state index in [1.807, 2.05) is 48.2 Å². The van der Waals surface area contributed by atoms with Gasteiger partial charge in [0.1, 0.15) is 5.75 Å². The number of hydrogen-bond acceptors (Lipinski definition) is 6. The lowest BCUT2D eigenvalue weighted by molar-refractivity contribution is -0.254. The number of morpholine rings is 1. The van der Waals surface area contributed by atoms with Gasteiger partial charge in [0.25, 0.3) is 0 Å². The van der Waals surface area contributed by atoms with Gasteiger partial charge in [0.2, 0.25) is 0 Å². The molecule has 1 aliphatic rings. The predicted molar refractivity (Wildman–Crippen MR) is 98.7 cm³/mol. The molecule has 0 unspecified atom stereocenters. The Balaban J connectivity index is 1.73. The number of ether oxygens (including phenoxy) is 2. The van der Waals surface area contributed by atoms with Gasteiger partial charge in [-0.2, -0.15) is 0 Å². The molecular weight excluding hydrogens is 332 g/mol. The van der Waals surface area contributed by atoms with Gasteiger partial charge in [0.15, 0.2) is 0 Å². The standard InChI is InChI=1S/C20H24N2O4/c1-2-26-17-5-3-4-15(12-17)14-21-16-6-7-19(18(13-16)20(23)24)22-8-10-25-11-9-22/h3-7,12-13,21H,2,8-11,14H2,1H3,(H,23,24)/p-1. The Morgan fingerprint density at radius 2 is 2.04 bits per heavy atom. The predicted octanol–water partition coefficient (Wildman–Crippen LogP) is 1.90. The van der Waals surface area contributed by atoms with E-state index in [4.69, 9.17) is 9.47 Å². The van der Waals surface area contributed by atoms with Crippen LogP contribution in [0.5, 0.6) is 5.75 Å². The van der Waals surface area contributed by atoms with Crippen LogP contribution in [0.4, 0.5) is 11.4 Å². The van der Waals surface area contributed by atoms with E-state index in [0.29, 0.717) is 45.1 Å². The van der Waals surface area contributed by atoms with Crippen molar-refractivity contribution in [1.29, 1.82) is 0 Å². The van der Waals surface area contributed by atoms with Gasteiger partial charge in [-0.3, -0.25) is 0 Å². The maximum absolute atomic E-state index is 11.6. The largest absolute Gasteiger partial charge is 0.545 e. The van der Waals surface area contributed by atoms with E-state index >= 15 is 0 Å². The van der Waals surface area contributed by atoms with E-state index in [0.717, 1.165) is 17.0 Å². The molecule has 138 valence electrons. The summed E-state index contributed by atoms with van der Waals surface area (Å²) in [7, 11) is 0. The summed E-state index contributed by atoms with van der Waals surface area (Å²) in [4.78, 5) is 13.6. The number of aromatic carboxylic acids is 1.